The number of nitrogens with one attached hydrogen (secondary N) is 1. The molecule has 2 aliphatic rings. The minimum atomic E-state index is -3.84. The van der Waals surface area contributed by atoms with E-state index in [-0.39, 0.29) is 29.9 Å². The summed E-state index contributed by atoms with van der Waals surface area (Å²) in [6.07, 6.45) is 3.84. The van der Waals surface area contributed by atoms with Crippen molar-refractivity contribution in [1.82, 2.24) is 9.62 Å². The average molecular weight is 368 g/mol. The molecule has 1 saturated heterocycles. The first-order valence-corrected chi connectivity index (χ1v) is 10.0. The monoisotopic (exact) mass is 368 g/mol. The first-order chi connectivity index (χ1) is 11.8. The Kier molecular flexibility index (Phi) is 5.15. The van der Waals surface area contributed by atoms with E-state index >= 15 is 0 Å². The third kappa shape index (κ3) is 3.87. The largest absolute Gasteiger partial charge is 0.393 e. The van der Waals surface area contributed by atoms with Gasteiger partial charge >= 0.3 is 0 Å². The Hall–Kier alpha value is -1.48. The number of hydrogen-bond donors (Lipinski definition) is 3. The average Bonchev–Trinajstić information content (AvgIpc) is 2.58. The Morgan fingerprint density at radius 3 is 2.72 bits per heavy atom. The van der Waals surface area contributed by atoms with Crippen molar-refractivity contribution in [2.45, 2.75) is 48.6 Å². The topological polar surface area (TPSA) is 107 Å². The smallest absolute Gasteiger partial charge is 0.251 e. The van der Waals surface area contributed by atoms with Crippen molar-refractivity contribution in [3.8, 4) is 0 Å². The summed E-state index contributed by atoms with van der Waals surface area (Å²) in [5.74, 6) is -0.271. The number of aliphatic hydroxyl groups excluding tert-OH is 1. The zero-order chi connectivity index (χ0) is 18.1. The van der Waals surface area contributed by atoms with Crippen LogP contribution in [0.4, 0.5) is 0 Å². The van der Waals surface area contributed by atoms with Crippen molar-refractivity contribution in [2.75, 3.05) is 19.7 Å². The maximum absolute atomic E-state index is 12.9. The quantitative estimate of drug-likeness (QED) is 0.701. The van der Waals surface area contributed by atoms with Crippen molar-refractivity contribution in [3.63, 3.8) is 0 Å². The van der Waals surface area contributed by atoms with Crippen LogP contribution in [0.15, 0.2) is 29.2 Å². The van der Waals surface area contributed by atoms with Crippen molar-refractivity contribution in [1.29, 1.82) is 0 Å². The minimum Gasteiger partial charge on any atom is -0.393 e. The van der Waals surface area contributed by atoms with Crippen LogP contribution in [0.2, 0.25) is 0 Å². The predicted molar refractivity (Wildman–Crippen MR) is 91.6 cm³/mol. The van der Waals surface area contributed by atoms with Crippen LogP contribution >= 0.6 is 0 Å². The van der Waals surface area contributed by atoms with Crippen LogP contribution < -0.4 is 5.32 Å². The number of benzene rings is 1. The second kappa shape index (κ2) is 7.03. The van der Waals surface area contributed by atoms with Crippen LogP contribution in [0.3, 0.4) is 0 Å². The maximum Gasteiger partial charge on any atom is 0.251 e. The molecule has 1 atom stereocenters. The molecule has 0 unspecified atom stereocenters. The van der Waals surface area contributed by atoms with E-state index in [1.165, 1.54) is 16.4 Å². The van der Waals surface area contributed by atoms with Crippen LogP contribution in [-0.4, -0.2) is 60.2 Å². The SMILES string of the molecule is O=C(NC1CCC1)c1cccc(S(=O)(=O)N2CCC[C@@](O)(CO)C2)c1. The highest BCUT2D eigenvalue weighted by atomic mass is 32.2. The van der Waals surface area contributed by atoms with Gasteiger partial charge in [-0.15, -0.1) is 0 Å². The molecule has 1 aliphatic carbocycles. The maximum atomic E-state index is 12.9. The van der Waals surface area contributed by atoms with E-state index in [0.717, 1.165) is 19.3 Å². The first kappa shape index (κ1) is 18.3. The Bertz CT molecular complexity index is 747. The zero-order valence-electron chi connectivity index (χ0n) is 14.0. The molecule has 1 saturated carbocycles. The molecule has 1 heterocycles. The zero-order valence-corrected chi connectivity index (χ0v) is 14.8. The van der Waals surface area contributed by atoms with E-state index in [1.54, 1.807) is 12.1 Å². The molecule has 2 fully saturated rings. The summed E-state index contributed by atoms with van der Waals surface area (Å²) >= 11 is 0. The van der Waals surface area contributed by atoms with Crippen LogP contribution in [-0.2, 0) is 10.0 Å². The van der Waals surface area contributed by atoms with Crippen LogP contribution in [0.25, 0.3) is 0 Å². The molecule has 8 heteroatoms. The summed E-state index contributed by atoms with van der Waals surface area (Å²) < 4.78 is 26.9. The highest BCUT2D eigenvalue weighted by molar-refractivity contribution is 7.89. The van der Waals surface area contributed by atoms with Crippen molar-refractivity contribution in [3.05, 3.63) is 29.8 Å². The number of amides is 1. The number of β-amino-alcohol motifs (C(OH)–C–C–N with tert-alkyl or cyclic N) is 1. The number of carbonyl (C=O) groups excluding carboxylic acids is 1. The van der Waals surface area contributed by atoms with Crippen molar-refractivity contribution < 1.29 is 23.4 Å². The lowest BCUT2D eigenvalue weighted by atomic mass is 9.93. The molecule has 0 aromatic heterocycles. The van der Waals surface area contributed by atoms with Crippen LogP contribution in [0.5, 0.6) is 0 Å². The second-order valence-electron chi connectivity index (χ2n) is 6.95. The van der Waals surface area contributed by atoms with Gasteiger partial charge in [-0.05, 0) is 50.3 Å². The number of rotatable bonds is 5. The summed E-state index contributed by atoms with van der Waals surface area (Å²) in [6.45, 7) is -0.351. The third-order valence-electron chi connectivity index (χ3n) is 4.99. The number of sulfonamides is 1. The van der Waals surface area contributed by atoms with Gasteiger partial charge in [0.05, 0.1) is 11.5 Å². The van der Waals surface area contributed by atoms with E-state index in [0.29, 0.717) is 18.4 Å². The normalized spacial score (nSPS) is 25.4. The van der Waals surface area contributed by atoms with Crippen LogP contribution in [0, 0.1) is 0 Å². The minimum absolute atomic E-state index is 0.0240. The number of piperidine rings is 1. The van der Waals surface area contributed by atoms with E-state index < -0.39 is 22.2 Å². The molecule has 0 spiro atoms. The fourth-order valence-electron chi connectivity index (χ4n) is 3.17. The highest BCUT2D eigenvalue weighted by Crippen LogP contribution is 2.27. The standard InChI is InChI=1S/C17H24N2O5S/c20-12-17(22)8-3-9-19(11-17)25(23,24)15-7-1-4-13(10-15)16(21)18-14-5-2-6-14/h1,4,7,10,14,20,22H,2-3,5-6,8-9,11-12H2,(H,18,21)/t17-/m0/s1. The molecular formula is C17H24N2O5S. The Balaban J connectivity index is 1.80. The lowest BCUT2D eigenvalue weighted by Gasteiger charge is -2.37. The van der Waals surface area contributed by atoms with E-state index in [9.17, 15) is 23.4 Å². The van der Waals surface area contributed by atoms with Gasteiger partial charge in [0, 0.05) is 24.7 Å². The molecule has 3 rings (SSSR count). The third-order valence-corrected chi connectivity index (χ3v) is 6.83. The number of nitrogens with zero attached hydrogens (tertiary/aromatic N) is 1. The Morgan fingerprint density at radius 1 is 1.32 bits per heavy atom. The molecule has 1 aromatic rings. The number of carbonyl (C=O) groups is 1. The first-order valence-electron chi connectivity index (χ1n) is 8.58. The lowest BCUT2D eigenvalue weighted by molar-refractivity contribution is -0.0496. The molecule has 25 heavy (non-hydrogen) atoms. The van der Waals surface area contributed by atoms with Gasteiger partial charge in [-0.2, -0.15) is 4.31 Å². The summed E-state index contributed by atoms with van der Waals surface area (Å²) in [5.41, 5.74) is -1.10. The molecule has 0 radical (unpaired) electrons. The van der Waals surface area contributed by atoms with Gasteiger partial charge in [0.15, 0.2) is 0 Å². The van der Waals surface area contributed by atoms with Gasteiger partial charge in [-0.3, -0.25) is 4.79 Å². The predicted octanol–water partition coefficient (Wildman–Crippen LogP) is 0.477. The fourth-order valence-corrected chi connectivity index (χ4v) is 4.78. The van der Waals surface area contributed by atoms with E-state index in [1.807, 2.05) is 0 Å². The Morgan fingerprint density at radius 2 is 2.08 bits per heavy atom. The molecule has 138 valence electrons. The number of aliphatic hydroxyl groups is 2. The summed E-state index contributed by atoms with van der Waals surface area (Å²) in [6, 6.07) is 6.13. The molecule has 3 N–H and O–H groups in total. The highest BCUT2D eigenvalue weighted by Gasteiger charge is 2.38. The summed E-state index contributed by atoms with van der Waals surface area (Å²) in [4.78, 5) is 12.3. The fraction of sp³-hybridized carbons (Fsp3) is 0.588. The van der Waals surface area contributed by atoms with Gasteiger partial charge in [0.25, 0.3) is 5.91 Å². The Labute approximate surface area is 147 Å². The van der Waals surface area contributed by atoms with Gasteiger partial charge in [0.1, 0.15) is 5.60 Å². The summed E-state index contributed by atoms with van der Waals surface area (Å²) in [5, 5.41) is 22.4. The van der Waals surface area contributed by atoms with Gasteiger partial charge < -0.3 is 15.5 Å². The van der Waals surface area contributed by atoms with Crippen molar-refractivity contribution >= 4 is 15.9 Å². The van der Waals surface area contributed by atoms with Gasteiger partial charge in [0.2, 0.25) is 10.0 Å². The second-order valence-corrected chi connectivity index (χ2v) is 8.89. The van der Waals surface area contributed by atoms with E-state index in [4.69, 9.17) is 0 Å². The van der Waals surface area contributed by atoms with E-state index in [2.05, 4.69) is 5.32 Å². The lowest BCUT2D eigenvalue weighted by Crippen LogP contribution is -2.52. The van der Waals surface area contributed by atoms with Gasteiger partial charge in [-0.1, -0.05) is 6.07 Å². The van der Waals surface area contributed by atoms with Gasteiger partial charge in [-0.25, -0.2) is 8.42 Å². The molecule has 7 nitrogen and oxygen atoms in total. The molecule has 1 amide bonds. The molecule has 1 aromatic carbocycles. The van der Waals surface area contributed by atoms with Crippen LogP contribution in [0.1, 0.15) is 42.5 Å². The molecule has 1 aliphatic heterocycles. The van der Waals surface area contributed by atoms with Crippen molar-refractivity contribution in [2.24, 2.45) is 0 Å². The molecule has 0 bridgehead atoms. The number of hydrogen-bond acceptors (Lipinski definition) is 5. The summed E-state index contributed by atoms with van der Waals surface area (Å²) in [7, 11) is -3.84. The molecular weight excluding hydrogens is 344 g/mol.